The van der Waals surface area contributed by atoms with Crippen LogP contribution in [0.25, 0.3) is 0 Å². The Morgan fingerprint density at radius 3 is 2.45 bits per heavy atom. The number of rotatable bonds is 7. The van der Waals surface area contributed by atoms with E-state index in [4.69, 9.17) is 4.74 Å². The average Bonchev–Trinajstić information content (AvgIpc) is 2.38. The molecule has 0 bridgehead atoms. The fourth-order valence-corrected chi connectivity index (χ4v) is 1.92. The first-order valence-electron chi connectivity index (χ1n) is 7.36. The van der Waals surface area contributed by atoms with E-state index in [1.165, 1.54) is 24.5 Å². The molecule has 0 saturated heterocycles. The van der Waals surface area contributed by atoms with Gasteiger partial charge < -0.3 is 19.5 Å². The predicted octanol–water partition coefficient (Wildman–Crippen LogP) is 0.866. The second kappa shape index (κ2) is 7.07. The van der Waals surface area contributed by atoms with Crippen LogP contribution in [0.1, 0.15) is 39.7 Å². The third kappa shape index (κ3) is 4.96. The number of aryl methyl sites for hydroxylation is 1. The Balaban J connectivity index is 2.86. The summed E-state index contributed by atoms with van der Waals surface area (Å²) in [6, 6.07) is 3.00. The van der Waals surface area contributed by atoms with E-state index in [2.05, 4.69) is 0 Å². The van der Waals surface area contributed by atoms with Crippen LogP contribution in [0.15, 0.2) is 23.1 Å². The SMILES string of the molecule is CCOC(=O)CCn1cc(CC(C)(O)C(C)(C)O)ccc1=O. The van der Waals surface area contributed by atoms with E-state index < -0.39 is 11.2 Å². The van der Waals surface area contributed by atoms with Crippen LogP contribution < -0.4 is 5.56 Å². The Labute approximate surface area is 130 Å². The first-order chi connectivity index (χ1) is 10.1. The Morgan fingerprint density at radius 2 is 1.91 bits per heavy atom. The summed E-state index contributed by atoms with van der Waals surface area (Å²) in [5.41, 5.74) is -2.14. The van der Waals surface area contributed by atoms with E-state index in [0.29, 0.717) is 12.2 Å². The second-order valence-corrected chi connectivity index (χ2v) is 6.13. The summed E-state index contributed by atoms with van der Waals surface area (Å²) in [5, 5.41) is 20.3. The summed E-state index contributed by atoms with van der Waals surface area (Å²) in [6.07, 6.45) is 1.90. The van der Waals surface area contributed by atoms with Gasteiger partial charge in [-0.05, 0) is 33.3 Å². The topological polar surface area (TPSA) is 88.8 Å². The molecule has 1 aromatic rings. The quantitative estimate of drug-likeness (QED) is 0.729. The number of carbonyl (C=O) groups is 1. The molecule has 6 heteroatoms. The van der Waals surface area contributed by atoms with Crippen molar-refractivity contribution in [2.75, 3.05) is 6.61 Å². The molecule has 0 fully saturated rings. The Hall–Kier alpha value is -1.66. The van der Waals surface area contributed by atoms with E-state index >= 15 is 0 Å². The van der Waals surface area contributed by atoms with Gasteiger partial charge in [-0.1, -0.05) is 6.07 Å². The van der Waals surface area contributed by atoms with Gasteiger partial charge in [0.25, 0.3) is 5.56 Å². The highest BCUT2D eigenvalue weighted by molar-refractivity contribution is 5.69. The Bertz CT molecular complexity index is 569. The van der Waals surface area contributed by atoms with Crippen molar-refractivity contribution < 1.29 is 19.7 Å². The van der Waals surface area contributed by atoms with Gasteiger partial charge in [0.05, 0.1) is 24.2 Å². The molecule has 0 radical (unpaired) electrons. The average molecular weight is 311 g/mol. The lowest BCUT2D eigenvalue weighted by Crippen LogP contribution is -2.49. The number of esters is 1. The highest BCUT2D eigenvalue weighted by atomic mass is 16.5. The van der Waals surface area contributed by atoms with Crippen molar-refractivity contribution in [1.29, 1.82) is 0 Å². The molecule has 1 aromatic heterocycles. The Kier molecular flexibility index (Phi) is 5.91. The molecule has 0 saturated carbocycles. The molecule has 0 spiro atoms. The molecule has 0 aliphatic carbocycles. The van der Waals surface area contributed by atoms with E-state index in [9.17, 15) is 19.8 Å². The summed E-state index contributed by atoms with van der Waals surface area (Å²) in [7, 11) is 0. The van der Waals surface area contributed by atoms with Crippen molar-refractivity contribution in [3.8, 4) is 0 Å². The van der Waals surface area contributed by atoms with Gasteiger partial charge in [0.15, 0.2) is 0 Å². The number of pyridine rings is 1. The molecule has 1 unspecified atom stereocenters. The zero-order chi connectivity index (χ0) is 17.0. The number of aromatic nitrogens is 1. The number of carbonyl (C=O) groups excluding carboxylic acids is 1. The highest BCUT2D eigenvalue weighted by Crippen LogP contribution is 2.25. The monoisotopic (exact) mass is 311 g/mol. The van der Waals surface area contributed by atoms with E-state index in [1.807, 2.05) is 0 Å². The minimum absolute atomic E-state index is 0.110. The third-order valence-corrected chi connectivity index (χ3v) is 3.77. The molecule has 0 aliphatic rings. The second-order valence-electron chi connectivity index (χ2n) is 6.13. The van der Waals surface area contributed by atoms with Crippen LogP contribution in [0.5, 0.6) is 0 Å². The fraction of sp³-hybridized carbons (Fsp3) is 0.625. The molecule has 1 rings (SSSR count). The lowest BCUT2D eigenvalue weighted by Gasteiger charge is -2.35. The van der Waals surface area contributed by atoms with Gasteiger partial charge in [0.1, 0.15) is 0 Å². The predicted molar refractivity (Wildman–Crippen MR) is 82.6 cm³/mol. The fourth-order valence-electron chi connectivity index (χ4n) is 1.92. The van der Waals surface area contributed by atoms with Crippen molar-refractivity contribution in [3.05, 3.63) is 34.2 Å². The van der Waals surface area contributed by atoms with Crippen molar-refractivity contribution in [3.63, 3.8) is 0 Å². The highest BCUT2D eigenvalue weighted by Gasteiger charge is 2.37. The normalized spacial score (nSPS) is 14.5. The summed E-state index contributed by atoms with van der Waals surface area (Å²) in [5.74, 6) is -0.358. The van der Waals surface area contributed by atoms with Crippen LogP contribution in [0.3, 0.4) is 0 Å². The zero-order valence-corrected chi connectivity index (χ0v) is 13.6. The maximum Gasteiger partial charge on any atom is 0.307 e. The first-order valence-corrected chi connectivity index (χ1v) is 7.36. The molecule has 0 aromatic carbocycles. The maximum atomic E-state index is 11.8. The standard InChI is InChI=1S/C16H25NO5/c1-5-22-14(19)8-9-17-11-12(6-7-13(17)18)10-16(4,21)15(2,3)20/h6-7,11,20-21H,5,8-10H2,1-4H3. The minimum atomic E-state index is -1.34. The summed E-state index contributed by atoms with van der Waals surface area (Å²) < 4.78 is 6.24. The van der Waals surface area contributed by atoms with Gasteiger partial charge in [-0.2, -0.15) is 0 Å². The molecule has 1 atom stereocenters. The summed E-state index contributed by atoms with van der Waals surface area (Å²) >= 11 is 0. The van der Waals surface area contributed by atoms with Gasteiger partial charge in [0, 0.05) is 25.2 Å². The molecular weight excluding hydrogens is 286 g/mol. The van der Waals surface area contributed by atoms with Crippen molar-refractivity contribution >= 4 is 5.97 Å². The summed E-state index contributed by atoms with van der Waals surface area (Å²) in [6.45, 7) is 6.86. The van der Waals surface area contributed by atoms with Crippen molar-refractivity contribution in [2.45, 2.75) is 58.3 Å². The van der Waals surface area contributed by atoms with E-state index in [0.717, 1.165) is 0 Å². The molecule has 6 nitrogen and oxygen atoms in total. The smallest absolute Gasteiger partial charge is 0.307 e. The lowest BCUT2D eigenvalue weighted by atomic mass is 9.83. The van der Waals surface area contributed by atoms with Gasteiger partial charge in [-0.3, -0.25) is 9.59 Å². The number of hydrogen-bond donors (Lipinski definition) is 2. The molecule has 0 amide bonds. The minimum Gasteiger partial charge on any atom is -0.466 e. The summed E-state index contributed by atoms with van der Waals surface area (Å²) in [4.78, 5) is 23.2. The Morgan fingerprint density at radius 1 is 1.27 bits per heavy atom. The number of aliphatic hydroxyl groups is 2. The van der Waals surface area contributed by atoms with Gasteiger partial charge >= 0.3 is 5.97 Å². The largest absolute Gasteiger partial charge is 0.466 e. The molecule has 2 N–H and O–H groups in total. The molecule has 1 heterocycles. The first kappa shape index (κ1) is 18.4. The van der Waals surface area contributed by atoms with E-state index in [1.54, 1.807) is 26.1 Å². The molecule has 22 heavy (non-hydrogen) atoms. The third-order valence-electron chi connectivity index (χ3n) is 3.77. The molecule has 124 valence electrons. The van der Waals surface area contributed by atoms with Gasteiger partial charge in [0.2, 0.25) is 0 Å². The van der Waals surface area contributed by atoms with E-state index in [-0.39, 0.29) is 30.9 Å². The number of nitrogens with zero attached hydrogens (tertiary/aromatic N) is 1. The van der Waals surface area contributed by atoms with Crippen molar-refractivity contribution in [1.82, 2.24) is 4.57 Å². The van der Waals surface area contributed by atoms with Crippen LogP contribution in [0.2, 0.25) is 0 Å². The van der Waals surface area contributed by atoms with Crippen LogP contribution in [-0.2, 0) is 22.5 Å². The molecule has 0 aliphatic heterocycles. The zero-order valence-electron chi connectivity index (χ0n) is 13.6. The molecular formula is C16H25NO5. The maximum absolute atomic E-state index is 11.8. The van der Waals surface area contributed by atoms with Crippen LogP contribution in [0.4, 0.5) is 0 Å². The van der Waals surface area contributed by atoms with Gasteiger partial charge in [-0.15, -0.1) is 0 Å². The van der Waals surface area contributed by atoms with Crippen LogP contribution in [-0.4, -0.2) is 38.6 Å². The lowest BCUT2D eigenvalue weighted by molar-refractivity contribution is -0.143. The van der Waals surface area contributed by atoms with Crippen LogP contribution >= 0.6 is 0 Å². The van der Waals surface area contributed by atoms with Crippen molar-refractivity contribution in [2.24, 2.45) is 0 Å². The van der Waals surface area contributed by atoms with Gasteiger partial charge in [-0.25, -0.2) is 0 Å². The van der Waals surface area contributed by atoms with Crippen LogP contribution in [0, 0.1) is 0 Å². The number of hydrogen-bond acceptors (Lipinski definition) is 5. The number of ether oxygens (including phenoxy) is 1.